The molecule has 1 aliphatic rings. The molecule has 0 aliphatic heterocycles. The minimum Gasteiger partial charge on any atom is -0.496 e. The molecule has 1 N–H and O–H groups in total. The molecule has 1 amide bonds. The average molecular weight is 533 g/mol. The zero-order chi connectivity index (χ0) is 22.8. The molecule has 1 saturated carbocycles. The predicted molar refractivity (Wildman–Crippen MR) is 126 cm³/mol. The van der Waals surface area contributed by atoms with E-state index in [9.17, 15) is 13.2 Å². The number of methoxy groups -OCH3 is 1. The third kappa shape index (κ3) is 5.43. The molecule has 170 valence electrons. The molecule has 0 unspecified atom stereocenters. The van der Waals surface area contributed by atoms with E-state index >= 15 is 0 Å². The third-order valence-electron chi connectivity index (χ3n) is 5.78. The molecule has 0 atom stereocenters. The van der Waals surface area contributed by atoms with Crippen molar-refractivity contribution in [3.63, 3.8) is 0 Å². The van der Waals surface area contributed by atoms with Gasteiger partial charge in [-0.25, -0.2) is 8.42 Å². The summed E-state index contributed by atoms with van der Waals surface area (Å²) >= 11 is 10.1. The number of nitrogens with zero attached hydrogens (tertiary/aromatic N) is 2. The highest BCUT2D eigenvalue weighted by molar-refractivity contribution is 9.10. The quantitative estimate of drug-likeness (QED) is 0.573. The number of carbonyl (C=O) groups is 1. The number of aromatic nitrogens is 2. The predicted octanol–water partition coefficient (Wildman–Crippen LogP) is 4.33. The Labute approximate surface area is 196 Å². The number of ether oxygens (including phenoxy) is 1. The van der Waals surface area contributed by atoms with Gasteiger partial charge in [-0.3, -0.25) is 9.48 Å². The molecule has 1 aromatic heterocycles. The number of hydrogen-bond donors (Lipinski definition) is 1. The highest BCUT2D eigenvalue weighted by Gasteiger charge is 2.29. The zero-order valence-electron chi connectivity index (χ0n) is 17.8. The van der Waals surface area contributed by atoms with Gasteiger partial charge in [0.25, 0.3) is 5.91 Å². The maximum absolute atomic E-state index is 12.8. The van der Waals surface area contributed by atoms with Crippen LogP contribution in [0.2, 0.25) is 5.02 Å². The first-order chi connectivity index (χ1) is 14.7. The summed E-state index contributed by atoms with van der Waals surface area (Å²) in [4.78, 5) is 12.8. The molecule has 2 aromatic rings. The topological polar surface area (TPSA) is 90.3 Å². The lowest BCUT2D eigenvalue weighted by molar-refractivity contribution is 0.0938. The smallest absolute Gasteiger partial charge is 0.273 e. The Kier molecular flexibility index (Phi) is 7.70. The fourth-order valence-corrected chi connectivity index (χ4v) is 5.81. The van der Waals surface area contributed by atoms with Gasteiger partial charge < -0.3 is 10.1 Å². The molecule has 31 heavy (non-hydrogen) atoms. The number of halogens is 2. The maximum Gasteiger partial charge on any atom is 0.273 e. The van der Waals surface area contributed by atoms with Gasteiger partial charge in [-0.05, 0) is 56.7 Å². The van der Waals surface area contributed by atoms with Crippen LogP contribution in [0.4, 0.5) is 0 Å². The Morgan fingerprint density at radius 2 is 2.00 bits per heavy atom. The van der Waals surface area contributed by atoms with E-state index in [0.29, 0.717) is 37.4 Å². The van der Waals surface area contributed by atoms with Gasteiger partial charge in [-0.1, -0.05) is 27.5 Å². The van der Waals surface area contributed by atoms with Gasteiger partial charge in [0.2, 0.25) is 0 Å². The van der Waals surface area contributed by atoms with Crippen molar-refractivity contribution in [2.75, 3.05) is 19.9 Å². The van der Waals surface area contributed by atoms with Gasteiger partial charge in [0.1, 0.15) is 15.6 Å². The van der Waals surface area contributed by atoms with Crippen molar-refractivity contribution in [1.29, 1.82) is 0 Å². The van der Waals surface area contributed by atoms with Crippen molar-refractivity contribution >= 4 is 43.3 Å². The lowest BCUT2D eigenvalue weighted by Crippen LogP contribution is -2.34. The first-order valence-electron chi connectivity index (χ1n) is 10.2. The van der Waals surface area contributed by atoms with Crippen molar-refractivity contribution in [2.45, 2.75) is 44.4 Å². The van der Waals surface area contributed by atoms with Crippen LogP contribution in [0.1, 0.15) is 43.1 Å². The molecule has 0 saturated heterocycles. The summed E-state index contributed by atoms with van der Waals surface area (Å²) in [5.41, 5.74) is 1.56. The summed E-state index contributed by atoms with van der Waals surface area (Å²) in [6, 6.07) is 5.60. The molecule has 0 radical (unpaired) electrons. The Morgan fingerprint density at radius 1 is 1.32 bits per heavy atom. The molecular formula is C21H27BrClN3O4S. The molecule has 1 aromatic carbocycles. The second-order valence-electron chi connectivity index (χ2n) is 7.85. The van der Waals surface area contributed by atoms with E-state index in [1.165, 1.54) is 6.26 Å². The van der Waals surface area contributed by atoms with Crippen LogP contribution in [0.5, 0.6) is 5.75 Å². The summed E-state index contributed by atoms with van der Waals surface area (Å²) in [6.45, 7) is 2.94. The minimum atomic E-state index is -3.00. The van der Waals surface area contributed by atoms with Gasteiger partial charge in [-0.2, -0.15) is 5.10 Å². The molecule has 1 fully saturated rings. The van der Waals surface area contributed by atoms with Crippen LogP contribution in [-0.4, -0.2) is 49.3 Å². The van der Waals surface area contributed by atoms with E-state index in [2.05, 4.69) is 26.3 Å². The van der Waals surface area contributed by atoms with E-state index in [1.807, 2.05) is 25.1 Å². The van der Waals surface area contributed by atoms with Crippen LogP contribution >= 0.6 is 27.5 Å². The summed E-state index contributed by atoms with van der Waals surface area (Å²) < 4.78 is 31.5. The number of benzene rings is 1. The lowest BCUT2D eigenvalue weighted by atomic mass is 9.89. The van der Waals surface area contributed by atoms with Gasteiger partial charge >= 0.3 is 0 Å². The number of carbonyl (C=O) groups excluding carboxylic acids is 1. The van der Waals surface area contributed by atoms with Crippen molar-refractivity contribution in [3.8, 4) is 17.0 Å². The number of sulfone groups is 1. The highest BCUT2D eigenvalue weighted by Crippen LogP contribution is 2.38. The molecule has 0 spiro atoms. The minimum absolute atomic E-state index is 0.174. The summed E-state index contributed by atoms with van der Waals surface area (Å²) in [7, 11) is -1.42. The van der Waals surface area contributed by atoms with E-state index in [1.54, 1.807) is 11.8 Å². The summed E-state index contributed by atoms with van der Waals surface area (Å²) in [6.07, 6.45) is 4.12. The van der Waals surface area contributed by atoms with Crippen LogP contribution < -0.4 is 10.1 Å². The molecule has 7 nitrogen and oxygen atoms in total. The number of amides is 1. The van der Waals surface area contributed by atoms with Gasteiger partial charge in [0.05, 0.1) is 23.1 Å². The standard InChI is InChI=1S/C21H27BrClN3O4S/c1-4-26-20(16-10-7-14(22)11-17(16)30-2)18(23)19(25-26)21(27)24-12-13-5-8-15(9-6-13)31(3,28)29/h7,10-11,13,15H,4-6,8-9,12H2,1-3H3,(H,24,27)/t13-,15-. The number of nitrogens with one attached hydrogen (secondary N) is 1. The van der Waals surface area contributed by atoms with E-state index in [-0.39, 0.29) is 27.8 Å². The fraction of sp³-hybridized carbons (Fsp3) is 0.524. The fourth-order valence-electron chi connectivity index (χ4n) is 4.02. The SMILES string of the molecule is CCn1nc(C(=O)NC[C@H]2CC[C@H](S(C)(=O)=O)CC2)c(Cl)c1-c1ccc(Br)cc1OC. The molecule has 1 heterocycles. The second kappa shape index (κ2) is 9.92. The van der Waals surface area contributed by atoms with Crippen LogP contribution in [0.25, 0.3) is 11.3 Å². The first kappa shape index (κ1) is 24.1. The number of hydrogen-bond acceptors (Lipinski definition) is 5. The van der Waals surface area contributed by atoms with Crippen LogP contribution in [0.15, 0.2) is 22.7 Å². The Hall–Kier alpha value is -1.58. The van der Waals surface area contributed by atoms with E-state index in [0.717, 1.165) is 22.9 Å². The maximum atomic E-state index is 12.8. The number of aryl methyl sites for hydroxylation is 1. The highest BCUT2D eigenvalue weighted by atomic mass is 79.9. The normalized spacial score (nSPS) is 19.3. The molecule has 3 rings (SSSR count). The first-order valence-corrected chi connectivity index (χ1v) is 13.4. The van der Waals surface area contributed by atoms with Crippen molar-refractivity contribution < 1.29 is 17.9 Å². The molecular weight excluding hydrogens is 506 g/mol. The Morgan fingerprint density at radius 3 is 2.58 bits per heavy atom. The van der Waals surface area contributed by atoms with Crippen LogP contribution in [0.3, 0.4) is 0 Å². The van der Waals surface area contributed by atoms with Crippen molar-refractivity contribution in [2.24, 2.45) is 5.92 Å². The monoisotopic (exact) mass is 531 g/mol. The third-order valence-corrected chi connectivity index (χ3v) is 8.31. The summed E-state index contributed by atoms with van der Waals surface area (Å²) in [5, 5.41) is 7.38. The Balaban J connectivity index is 1.75. The van der Waals surface area contributed by atoms with Gasteiger partial charge in [0.15, 0.2) is 5.69 Å². The van der Waals surface area contributed by atoms with Gasteiger partial charge in [-0.15, -0.1) is 0 Å². The molecule has 1 aliphatic carbocycles. The van der Waals surface area contributed by atoms with Crippen LogP contribution in [0, 0.1) is 5.92 Å². The molecule has 0 bridgehead atoms. The van der Waals surface area contributed by atoms with Crippen LogP contribution in [-0.2, 0) is 16.4 Å². The van der Waals surface area contributed by atoms with E-state index < -0.39 is 9.84 Å². The zero-order valence-corrected chi connectivity index (χ0v) is 21.0. The van der Waals surface area contributed by atoms with Crippen molar-refractivity contribution in [3.05, 3.63) is 33.4 Å². The van der Waals surface area contributed by atoms with Crippen molar-refractivity contribution in [1.82, 2.24) is 15.1 Å². The largest absolute Gasteiger partial charge is 0.496 e. The van der Waals surface area contributed by atoms with Gasteiger partial charge in [0, 0.05) is 29.4 Å². The number of rotatable bonds is 7. The van der Waals surface area contributed by atoms with E-state index in [4.69, 9.17) is 16.3 Å². The lowest BCUT2D eigenvalue weighted by Gasteiger charge is -2.27. The summed E-state index contributed by atoms with van der Waals surface area (Å²) in [5.74, 6) is 0.542. The molecule has 10 heteroatoms. The Bertz CT molecular complexity index is 1060. The average Bonchev–Trinajstić information content (AvgIpc) is 3.07. The second-order valence-corrected chi connectivity index (χ2v) is 11.5.